The van der Waals surface area contributed by atoms with Crippen molar-refractivity contribution in [3.05, 3.63) is 193 Å². The Bertz CT molecular complexity index is 1940. The van der Waals surface area contributed by atoms with Crippen molar-refractivity contribution in [3.8, 4) is 11.1 Å². The molecule has 0 aliphatic heterocycles. The first-order valence-corrected chi connectivity index (χ1v) is 15.5. The zero-order valence-corrected chi connectivity index (χ0v) is 27.5. The van der Waals surface area contributed by atoms with E-state index in [2.05, 4.69) is 117 Å². The van der Waals surface area contributed by atoms with Gasteiger partial charge in [0.05, 0.1) is 5.69 Å². The fraction of sp³-hybridized carbons (Fsp3) is 0.0909. The summed E-state index contributed by atoms with van der Waals surface area (Å²) in [6.45, 7) is 20.7. The SMILES string of the molecule is C=C/C=C(\C)C(=C)/C=C(C)/C(/C=C\C(=C)c1ccc2cc(-c3cccc(/C(N)=C/C=C\C)c3)ccc2c1Nc1ccccc1)=C/C. The third-order valence-corrected chi connectivity index (χ3v) is 7.90. The van der Waals surface area contributed by atoms with Gasteiger partial charge >= 0.3 is 0 Å². The Balaban J connectivity index is 1.73. The molecule has 4 rings (SSSR count). The molecule has 0 saturated heterocycles. The van der Waals surface area contributed by atoms with Crippen LogP contribution in [0.15, 0.2) is 182 Å². The fourth-order valence-corrected chi connectivity index (χ4v) is 5.23. The van der Waals surface area contributed by atoms with Crippen molar-refractivity contribution in [1.82, 2.24) is 0 Å². The number of hydrogen-bond donors (Lipinski definition) is 2. The molecule has 0 heterocycles. The smallest absolute Gasteiger partial charge is 0.0543 e. The Morgan fingerprint density at radius 3 is 2.26 bits per heavy atom. The van der Waals surface area contributed by atoms with E-state index in [1.54, 1.807) is 6.08 Å². The fourth-order valence-electron chi connectivity index (χ4n) is 5.23. The first kappa shape index (κ1) is 33.3. The van der Waals surface area contributed by atoms with Crippen molar-refractivity contribution in [2.75, 3.05) is 5.32 Å². The van der Waals surface area contributed by atoms with Gasteiger partial charge in [-0.1, -0.05) is 129 Å². The van der Waals surface area contributed by atoms with E-state index in [-0.39, 0.29) is 0 Å². The van der Waals surface area contributed by atoms with Crippen molar-refractivity contribution >= 4 is 33.4 Å². The number of para-hydroxylation sites is 1. The van der Waals surface area contributed by atoms with Gasteiger partial charge in [-0.2, -0.15) is 0 Å². The molecular formula is C44H44N2. The number of rotatable bonds is 12. The second-order valence-electron chi connectivity index (χ2n) is 11.2. The van der Waals surface area contributed by atoms with Crippen LogP contribution in [0.1, 0.15) is 38.8 Å². The third kappa shape index (κ3) is 8.31. The van der Waals surface area contributed by atoms with Gasteiger partial charge in [-0.25, -0.2) is 0 Å². The van der Waals surface area contributed by atoms with E-state index in [1.807, 2.05) is 69.3 Å². The molecule has 0 atom stereocenters. The van der Waals surface area contributed by atoms with Crippen LogP contribution >= 0.6 is 0 Å². The molecule has 0 saturated carbocycles. The van der Waals surface area contributed by atoms with Crippen LogP contribution in [0.5, 0.6) is 0 Å². The first-order chi connectivity index (χ1) is 22.2. The molecule has 2 heteroatoms. The lowest BCUT2D eigenvalue weighted by atomic mass is 9.94. The molecule has 0 amide bonds. The summed E-state index contributed by atoms with van der Waals surface area (Å²) in [6.07, 6.45) is 18.0. The lowest BCUT2D eigenvalue weighted by Gasteiger charge is -2.17. The molecule has 0 fully saturated rings. The van der Waals surface area contributed by atoms with Crippen LogP contribution in [0.25, 0.3) is 33.2 Å². The van der Waals surface area contributed by atoms with E-state index < -0.39 is 0 Å². The van der Waals surface area contributed by atoms with E-state index in [9.17, 15) is 0 Å². The highest BCUT2D eigenvalue weighted by Gasteiger charge is 2.12. The Labute approximate surface area is 275 Å². The molecule has 46 heavy (non-hydrogen) atoms. The van der Waals surface area contributed by atoms with E-state index in [4.69, 9.17) is 5.73 Å². The number of benzene rings is 4. The maximum atomic E-state index is 6.34. The van der Waals surface area contributed by atoms with Crippen LogP contribution in [-0.2, 0) is 0 Å². The Kier molecular flexibility index (Phi) is 11.5. The molecule has 0 aliphatic carbocycles. The topological polar surface area (TPSA) is 38.0 Å². The Morgan fingerprint density at radius 1 is 0.783 bits per heavy atom. The lowest BCUT2D eigenvalue weighted by molar-refractivity contribution is 1.36. The summed E-state index contributed by atoms with van der Waals surface area (Å²) in [7, 11) is 0. The second-order valence-corrected chi connectivity index (χ2v) is 11.2. The molecule has 0 radical (unpaired) electrons. The van der Waals surface area contributed by atoms with E-state index in [0.717, 1.165) is 78.0 Å². The Morgan fingerprint density at radius 2 is 1.54 bits per heavy atom. The highest BCUT2D eigenvalue weighted by Crippen LogP contribution is 2.37. The van der Waals surface area contributed by atoms with E-state index in [1.165, 1.54) is 0 Å². The average Bonchev–Trinajstić information content (AvgIpc) is 3.07. The molecule has 4 aromatic carbocycles. The van der Waals surface area contributed by atoms with Crippen molar-refractivity contribution < 1.29 is 0 Å². The van der Waals surface area contributed by atoms with Crippen molar-refractivity contribution in [3.63, 3.8) is 0 Å². The van der Waals surface area contributed by atoms with Gasteiger partial charge in [0.15, 0.2) is 0 Å². The van der Waals surface area contributed by atoms with Gasteiger partial charge in [0, 0.05) is 22.3 Å². The maximum Gasteiger partial charge on any atom is 0.0543 e. The number of fused-ring (bicyclic) bond motifs is 1. The summed E-state index contributed by atoms with van der Waals surface area (Å²) in [4.78, 5) is 0. The predicted molar refractivity (Wildman–Crippen MR) is 205 cm³/mol. The van der Waals surface area contributed by atoms with Gasteiger partial charge in [-0.3, -0.25) is 0 Å². The molecule has 0 aromatic heterocycles. The summed E-state index contributed by atoms with van der Waals surface area (Å²) in [6, 6.07) is 29.5. The van der Waals surface area contributed by atoms with Crippen molar-refractivity contribution in [1.29, 1.82) is 0 Å². The number of anilines is 2. The second kappa shape index (κ2) is 15.9. The van der Waals surface area contributed by atoms with Gasteiger partial charge in [0.1, 0.15) is 0 Å². The van der Waals surface area contributed by atoms with Crippen LogP contribution < -0.4 is 11.1 Å². The van der Waals surface area contributed by atoms with Gasteiger partial charge < -0.3 is 11.1 Å². The number of nitrogens with two attached hydrogens (primary N) is 1. The Hall–Kier alpha value is -5.60. The standard InChI is InChI=1S/C44H44N2/c1-8-11-21-43(45)39-18-15-17-36(30-39)37-24-27-42-38(29-37)25-26-41(44(42)46-40-19-13-12-14-20-40)32(5)22-23-35(10-3)34(7)28-33(6)31(4)16-9-2/h8-30,46H,2,5-6,45H2,1,3-4,7H3/b11-8-,23-22-,31-16+,34-28+,35-10+,43-21-. The van der Waals surface area contributed by atoms with Gasteiger partial charge in [-0.15, -0.1) is 0 Å². The molecular weight excluding hydrogens is 556 g/mol. The summed E-state index contributed by atoms with van der Waals surface area (Å²) in [5.41, 5.74) is 18.6. The average molecular weight is 601 g/mol. The summed E-state index contributed by atoms with van der Waals surface area (Å²) < 4.78 is 0. The summed E-state index contributed by atoms with van der Waals surface area (Å²) >= 11 is 0. The van der Waals surface area contributed by atoms with Crippen LogP contribution in [0.2, 0.25) is 0 Å². The van der Waals surface area contributed by atoms with Crippen LogP contribution in [0, 0.1) is 0 Å². The molecule has 0 unspecified atom stereocenters. The molecule has 230 valence electrons. The maximum absolute atomic E-state index is 6.34. The molecule has 0 bridgehead atoms. The van der Waals surface area contributed by atoms with Crippen LogP contribution in [0.4, 0.5) is 11.4 Å². The highest BCUT2D eigenvalue weighted by molar-refractivity contribution is 6.03. The zero-order chi connectivity index (χ0) is 33.1. The van der Waals surface area contributed by atoms with Gasteiger partial charge in [-0.05, 0) is 108 Å². The largest absolute Gasteiger partial charge is 0.398 e. The van der Waals surface area contributed by atoms with Crippen molar-refractivity contribution in [2.24, 2.45) is 5.73 Å². The van der Waals surface area contributed by atoms with Gasteiger partial charge in [0.2, 0.25) is 0 Å². The monoisotopic (exact) mass is 600 g/mol. The van der Waals surface area contributed by atoms with Gasteiger partial charge in [0.25, 0.3) is 0 Å². The number of allylic oxidation sites excluding steroid dienone is 14. The predicted octanol–water partition coefficient (Wildman–Crippen LogP) is 12.3. The first-order valence-electron chi connectivity index (χ1n) is 15.5. The highest BCUT2D eigenvalue weighted by atomic mass is 14.9. The molecule has 0 spiro atoms. The zero-order valence-electron chi connectivity index (χ0n) is 27.5. The third-order valence-electron chi connectivity index (χ3n) is 7.90. The quantitative estimate of drug-likeness (QED) is 0.159. The minimum absolute atomic E-state index is 0.739. The summed E-state index contributed by atoms with van der Waals surface area (Å²) in [5, 5.41) is 5.95. The van der Waals surface area contributed by atoms with Crippen molar-refractivity contribution in [2.45, 2.75) is 27.7 Å². The van der Waals surface area contributed by atoms with Crippen LogP contribution in [0.3, 0.4) is 0 Å². The molecule has 2 nitrogen and oxygen atoms in total. The number of hydrogen-bond acceptors (Lipinski definition) is 2. The molecule has 0 aliphatic rings. The minimum atomic E-state index is 0.739. The number of nitrogens with one attached hydrogen (secondary N) is 1. The summed E-state index contributed by atoms with van der Waals surface area (Å²) in [5.74, 6) is 0. The molecule has 3 N–H and O–H groups in total. The lowest BCUT2D eigenvalue weighted by Crippen LogP contribution is -1.97. The molecule has 4 aromatic rings. The van der Waals surface area contributed by atoms with E-state index >= 15 is 0 Å². The van der Waals surface area contributed by atoms with Crippen LogP contribution in [-0.4, -0.2) is 0 Å². The van der Waals surface area contributed by atoms with E-state index in [0.29, 0.717) is 0 Å². The minimum Gasteiger partial charge on any atom is -0.398 e. The normalized spacial score (nSPS) is 13.0.